The van der Waals surface area contributed by atoms with Crippen LogP contribution < -0.4 is 0 Å². The van der Waals surface area contributed by atoms with Gasteiger partial charge in [-0.1, -0.05) is 6.07 Å². The highest BCUT2D eigenvalue weighted by atomic mass is 15.1. The zero-order chi connectivity index (χ0) is 23.7. The van der Waals surface area contributed by atoms with Crippen LogP contribution in [0, 0.1) is 27.7 Å². The Balaban J connectivity index is 1.41. The van der Waals surface area contributed by atoms with Crippen LogP contribution in [0.5, 0.6) is 0 Å². The molecule has 0 radical (unpaired) electrons. The molecule has 0 saturated heterocycles. The molecule has 5 aromatic heterocycles. The Labute approximate surface area is 198 Å². The van der Waals surface area contributed by atoms with E-state index in [4.69, 9.17) is 4.98 Å². The molecule has 5 rings (SSSR count). The largest absolute Gasteiger partial charge is 0.251 e. The Morgan fingerprint density at radius 3 is 1.12 bits per heavy atom. The fraction of sp³-hybridized carbons (Fsp3) is 0.148. The van der Waals surface area contributed by atoms with Gasteiger partial charge in [-0.3, -0.25) is 9.97 Å². The highest BCUT2D eigenvalue weighted by molar-refractivity contribution is 5.64. The van der Waals surface area contributed by atoms with Gasteiger partial charge in [-0.05, 0) is 99.5 Å². The van der Waals surface area contributed by atoms with E-state index in [1.165, 1.54) is 0 Å². The first kappa shape index (κ1) is 21.5. The van der Waals surface area contributed by atoms with Gasteiger partial charge >= 0.3 is 0 Å². The van der Waals surface area contributed by atoms with Crippen LogP contribution in [0.15, 0.2) is 66.7 Å². The lowest BCUT2D eigenvalue weighted by Crippen LogP contribution is -1.98. The summed E-state index contributed by atoms with van der Waals surface area (Å²) in [6.07, 6.45) is 0. The van der Waals surface area contributed by atoms with Crippen molar-refractivity contribution in [3.05, 3.63) is 89.2 Å². The summed E-state index contributed by atoms with van der Waals surface area (Å²) in [5.41, 5.74) is 10.1. The zero-order valence-corrected chi connectivity index (χ0v) is 19.5. The van der Waals surface area contributed by atoms with Crippen molar-refractivity contribution in [2.75, 3.05) is 0 Å². The second-order valence-corrected chi connectivity index (χ2v) is 8.36. The summed E-state index contributed by atoms with van der Waals surface area (Å²) >= 11 is 0. The van der Waals surface area contributed by atoms with Crippen molar-refractivity contribution in [1.82, 2.24) is 35.3 Å². The molecule has 7 heteroatoms. The minimum atomic E-state index is 0.680. The molecular weight excluding hydrogens is 422 g/mol. The van der Waals surface area contributed by atoms with Crippen LogP contribution in [0.2, 0.25) is 0 Å². The lowest BCUT2D eigenvalue weighted by molar-refractivity contribution is 1.01. The van der Waals surface area contributed by atoms with Crippen LogP contribution in [-0.4, -0.2) is 35.3 Å². The molecule has 0 aliphatic rings. The number of pyridine rings is 3. The van der Waals surface area contributed by atoms with E-state index in [-0.39, 0.29) is 0 Å². The number of nitrogens with zero attached hydrogens (tertiary/aromatic N) is 7. The Hall–Kier alpha value is -4.39. The van der Waals surface area contributed by atoms with E-state index >= 15 is 0 Å². The van der Waals surface area contributed by atoms with Gasteiger partial charge in [0.1, 0.15) is 22.8 Å². The summed E-state index contributed by atoms with van der Waals surface area (Å²) in [7, 11) is 0. The topological polar surface area (TPSA) is 90.2 Å². The third kappa shape index (κ3) is 4.54. The van der Waals surface area contributed by atoms with Gasteiger partial charge in [0, 0.05) is 11.4 Å². The number of hydrogen-bond acceptors (Lipinski definition) is 7. The molecule has 5 aromatic rings. The molecule has 0 aliphatic carbocycles. The standard InChI is InChI=1S/C27H23N7/c1-16-12-18(3)28-26(14-16)24-10-8-22(31-33-24)20-6-5-7-21(30-20)23-9-11-25(34-32-23)27-15-17(2)13-19(4)29-27/h5-15H,1-4H3. The summed E-state index contributed by atoms with van der Waals surface area (Å²) < 4.78 is 0. The van der Waals surface area contributed by atoms with Crippen LogP contribution in [-0.2, 0) is 0 Å². The van der Waals surface area contributed by atoms with Gasteiger partial charge < -0.3 is 0 Å². The number of aromatic nitrogens is 7. The Morgan fingerprint density at radius 1 is 0.382 bits per heavy atom. The molecule has 34 heavy (non-hydrogen) atoms. The zero-order valence-electron chi connectivity index (χ0n) is 19.5. The minimum Gasteiger partial charge on any atom is -0.251 e. The third-order valence-electron chi connectivity index (χ3n) is 5.32. The maximum atomic E-state index is 4.74. The van der Waals surface area contributed by atoms with E-state index in [0.717, 1.165) is 45.3 Å². The fourth-order valence-electron chi connectivity index (χ4n) is 3.88. The molecule has 5 heterocycles. The van der Waals surface area contributed by atoms with Crippen LogP contribution in [0.25, 0.3) is 45.6 Å². The summed E-state index contributed by atoms with van der Waals surface area (Å²) in [4.78, 5) is 13.9. The summed E-state index contributed by atoms with van der Waals surface area (Å²) in [5, 5.41) is 17.5. The van der Waals surface area contributed by atoms with Crippen LogP contribution in [0.3, 0.4) is 0 Å². The molecule has 0 aromatic carbocycles. The van der Waals surface area contributed by atoms with E-state index in [0.29, 0.717) is 22.8 Å². The predicted molar refractivity (Wildman–Crippen MR) is 132 cm³/mol. The van der Waals surface area contributed by atoms with Gasteiger partial charge in [-0.15, -0.1) is 20.4 Å². The molecule has 0 aliphatic heterocycles. The summed E-state index contributed by atoms with van der Waals surface area (Å²) in [6, 6.07) is 21.5. The van der Waals surface area contributed by atoms with Gasteiger partial charge in [0.2, 0.25) is 0 Å². The highest BCUT2D eigenvalue weighted by Crippen LogP contribution is 2.23. The predicted octanol–water partition coefficient (Wildman–Crippen LogP) is 5.35. The van der Waals surface area contributed by atoms with E-state index in [1.54, 1.807) is 0 Å². The van der Waals surface area contributed by atoms with E-state index < -0.39 is 0 Å². The molecule has 0 fully saturated rings. The van der Waals surface area contributed by atoms with E-state index in [1.807, 2.05) is 94.4 Å². The van der Waals surface area contributed by atoms with E-state index in [2.05, 4.69) is 30.4 Å². The van der Waals surface area contributed by atoms with Crippen LogP contribution in [0.4, 0.5) is 0 Å². The maximum absolute atomic E-state index is 4.74. The summed E-state index contributed by atoms with van der Waals surface area (Å²) in [6.45, 7) is 8.04. The number of hydrogen-bond donors (Lipinski definition) is 0. The number of rotatable bonds is 4. The Morgan fingerprint density at radius 2 is 0.765 bits per heavy atom. The molecule has 7 nitrogen and oxygen atoms in total. The molecule has 0 atom stereocenters. The second-order valence-electron chi connectivity index (χ2n) is 8.36. The molecule has 0 amide bonds. The van der Waals surface area contributed by atoms with Gasteiger partial charge in [0.25, 0.3) is 0 Å². The van der Waals surface area contributed by atoms with Crippen molar-refractivity contribution in [2.24, 2.45) is 0 Å². The van der Waals surface area contributed by atoms with Gasteiger partial charge in [0.05, 0.1) is 22.8 Å². The van der Waals surface area contributed by atoms with Crippen LogP contribution in [0.1, 0.15) is 22.5 Å². The lowest BCUT2D eigenvalue weighted by atomic mass is 10.1. The third-order valence-corrected chi connectivity index (χ3v) is 5.32. The Bertz CT molecular complexity index is 1330. The smallest absolute Gasteiger partial charge is 0.111 e. The average Bonchev–Trinajstić information content (AvgIpc) is 2.83. The normalized spacial score (nSPS) is 10.9. The van der Waals surface area contributed by atoms with Crippen molar-refractivity contribution in [3.8, 4) is 45.6 Å². The number of aryl methyl sites for hydroxylation is 4. The molecule has 0 bridgehead atoms. The monoisotopic (exact) mass is 445 g/mol. The lowest BCUT2D eigenvalue weighted by Gasteiger charge is -2.06. The van der Waals surface area contributed by atoms with Crippen LogP contribution >= 0.6 is 0 Å². The minimum absolute atomic E-state index is 0.680. The van der Waals surface area contributed by atoms with Gasteiger partial charge in [-0.25, -0.2) is 4.98 Å². The first-order chi connectivity index (χ1) is 16.4. The summed E-state index contributed by atoms with van der Waals surface area (Å²) in [5.74, 6) is 0. The average molecular weight is 446 g/mol. The van der Waals surface area contributed by atoms with Crippen molar-refractivity contribution in [2.45, 2.75) is 27.7 Å². The molecule has 0 saturated carbocycles. The highest BCUT2D eigenvalue weighted by Gasteiger charge is 2.10. The quantitative estimate of drug-likeness (QED) is 0.368. The first-order valence-electron chi connectivity index (χ1n) is 11.0. The van der Waals surface area contributed by atoms with Crippen molar-refractivity contribution in [3.63, 3.8) is 0 Å². The maximum Gasteiger partial charge on any atom is 0.111 e. The van der Waals surface area contributed by atoms with Gasteiger partial charge in [0.15, 0.2) is 0 Å². The molecule has 166 valence electrons. The second kappa shape index (κ2) is 8.86. The first-order valence-corrected chi connectivity index (χ1v) is 11.0. The molecular formula is C27H23N7. The van der Waals surface area contributed by atoms with Crippen molar-refractivity contribution in [1.29, 1.82) is 0 Å². The molecule has 0 N–H and O–H groups in total. The fourth-order valence-corrected chi connectivity index (χ4v) is 3.88. The van der Waals surface area contributed by atoms with Crippen molar-refractivity contribution >= 4 is 0 Å². The van der Waals surface area contributed by atoms with Gasteiger partial charge in [-0.2, -0.15) is 0 Å². The molecule has 0 spiro atoms. The Kier molecular flexibility index (Phi) is 5.59. The SMILES string of the molecule is Cc1cc(C)nc(-c2ccc(-c3cccc(-c4ccc(-c5cc(C)cc(C)n5)nn4)n3)nn2)c1. The van der Waals surface area contributed by atoms with E-state index in [9.17, 15) is 0 Å². The van der Waals surface area contributed by atoms with Crippen molar-refractivity contribution < 1.29 is 0 Å². The molecule has 0 unspecified atom stereocenters.